The predicted molar refractivity (Wildman–Crippen MR) is 93.1 cm³/mol. The minimum atomic E-state index is -0.461. The van der Waals surface area contributed by atoms with E-state index in [-0.39, 0.29) is 24.3 Å². The van der Waals surface area contributed by atoms with Crippen LogP contribution in [0.2, 0.25) is 0 Å². The van der Waals surface area contributed by atoms with E-state index in [1.165, 1.54) is 0 Å². The van der Waals surface area contributed by atoms with Gasteiger partial charge in [-0.1, -0.05) is 18.2 Å². The molecule has 2 saturated heterocycles. The first-order valence-corrected chi connectivity index (χ1v) is 8.98. The van der Waals surface area contributed by atoms with Crippen molar-refractivity contribution in [2.45, 2.75) is 31.2 Å². The third-order valence-corrected chi connectivity index (χ3v) is 5.18. The molecule has 25 heavy (non-hydrogen) atoms. The quantitative estimate of drug-likeness (QED) is 0.840. The number of rotatable bonds is 5. The minimum Gasteiger partial charge on any atom is -0.396 e. The maximum Gasteiger partial charge on any atom is 0.253 e. The summed E-state index contributed by atoms with van der Waals surface area (Å²) in [6.07, 6.45) is 2.82. The van der Waals surface area contributed by atoms with Crippen LogP contribution in [-0.2, 0) is 9.53 Å². The number of benzene rings is 1. The van der Waals surface area contributed by atoms with Crippen LogP contribution in [0.3, 0.4) is 0 Å². The number of ether oxygens (including phenoxy) is 1. The number of hydrogen-bond acceptors (Lipinski definition) is 4. The minimum absolute atomic E-state index is 0.0208. The zero-order chi connectivity index (χ0) is 17.7. The Hall–Kier alpha value is -1.92. The van der Waals surface area contributed by atoms with Crippen molar-refractivity contribution >= 4 is 11.8 Å². The van der Waals surface area contributed by atoms with Crippen LogP contribution in [0.15, 0.2) is 30.3 Å². The smallest absolute Gasteiger partial charge is 0.253 e. The molecule has 0 spiro atoms. The molecule has 1 aromatic rings. The fourth-order valence-electron chi connectivity index (χ4n) is 3.68. The number of amides is 2. The van der Waals surface area contributed by atoms with Crippen molar-refractivity contribution in [3.8, 4) is 0 Å². The van der Waals surface area contributed by atoms with Gasteiger partial charge >= 0.3 is 0 Å². The number of aliphatic hydroxyl groups excluding tert-OH is 1. The topological polar surface area (TPSA) is 78.9 Å². The Balaban J connectivity index is 1.62. The first-order valence-electron chi connectivity index (χ1n) is 8.98. The van der Waals surface area contributed by atoms with Gasteiger partial charge in [0.25, 0.3) is 5.91 Å². The van der Waals surface area contributed by atoms with Gasteiger partial charge in [0, 0.05) is 31.9 Å². The van der Waals surface area contributed by atoms with Crippen LogP contribution in [-0.4, -0.2) is 60.3 Å². The van der Waals surface area contributed by atoms with Gasteiger partial charge in [-0.15, -0.1) is 0 Å². The second-order valence-corrected chi connectivity index (χ2v) is 7.00. The molecule has 0 unspecified atom stereocenters. The normalized spacial score (nSPS) is 26.4. The van der Waals surface area contributed by atoms with Crippen molar-refractivity contribution in [1.82, 2.24) is 10.2 Å². The molecule has 2 heterocycles. The van der Waals surface area contributed by atoms with E-state index in [0.29, 0.717) is 38.3 Å². The Kier molecular flexibility index (Phi) is 5.71. The Labute approximate surface area is 148 Å². The number of hydrogen-bond donors (Lipinski definition) is 2. The van der Waals surface area contributed by atoms with E-state index in [9.17, 15) is 14.7 Å². The molecule has 0 radical (unpaired) electrons. The van der Waals surface area contributed by atoms with E-state index in [1.54, 1.807) is 17.0 Å². The molecule has 2 atom stereocenters. The van der Waals surface area contributed by atoms with Gasteiger partial charge in [0.1, 0.15) is 0 Å². The molecule has 2 fully saturated rings. The average molecular weight is 346 g/mol. The van der Waals surface area contributed by atoms with Crippen LogP contribution in [0.5, 0.6) is 0 Å². The summed E-state index contributed by atoms with van der Waals surface area (Å²) in [5.74, 6) is -0.269. The molecule has 3 rings (SSSR count). The molecule has 2 N–H and O–H groups in total. The van der Waals surface area contributed by atoms with Gasteiger partial charge in [0.05, 0.1) is 18.1 Å². The van der Waals surface area contributed by atoms with E-state index in [4.69, 9.17) is 4.74 Å². The zero-order valence-corrected chi connectivity index (χ0v) is 14.4. The lowest BCUT2D eigenvalue weighted by Gasteiger charge is -2.35. The van der Waals surface area contributed by atoms with Crippen molar-refractivity contribution < 1.29 is 19.4 Å². The van der Waals surface area contributed by atoms with Gasteiger partial charge in [0.15, 0.2) is 0 Å². The largest absolute Gasteiger partial charge is 0.396 e. The molecule has 2 aliphatic heterocycles. The van der Waals surface area contributed by atoms with Crippen LogP contribution in [0, 0.1) is 5.92 Å². The second kappa shape index (κ2) is 7.97. The predicted octanol–water partition coefficient (Wildman–Crippen LogP) is 1.20. The second-order valence-electron chi connectivity index (χ2n) is 7.00. The van der Waals surface area contributed by atoms with E-state index < -0.39 is 5.54 Å². The molecule has 136 valence electrons. The highest BCUT2D eigenvalue weighted by atomic mass is 16.5. The van der Waals surface area contributed by atoms with Gasteiger partial charge in [-0.05, 0) is 37.8 Å². The maximum atomic E-state index is 12.8. The molecule has 0 bridgehead atoms. The molecule has 6 nitrogen and oxygen atoms in total. The highest BCUT2D eigenvalue weighted by Crippen LogP contribution is 2.25. The van der Waals surface area contributed by atoms with Crippen LogP contribution in [0.25, 0.3) is 0 Å². The van der Waals surface area contributed by atoms with Crippen molar-refractivity contribution in [3.63, 3.8) is 0 Å². The first-order chi connectivity index (χ1) is 12.1. The van der Waals surface area contributed by atoms with Crippen LogP contribution in [0.4, 0.5) is 0 Å². The average Bonchev–Trinajstić information content (AvgIpc) is 3.10. The zero-order valence-electron chi connectivity index (χ0n) is 14.4. The Bertz CT molecular complexity index is 599. The molecule has 6 heteroatoms. The van der Waals surface area contributed by atoms with Crippen molar-refractivity contribution in [3.05, 3.63) is 35.9 Å². The molecule has 0 aliphatic carbocycles. The number of nitrogens with zero attached hydrogens (tertiary/aromatic N) is 1. The van der Waals surface area contributed by atoms with Gasteiger partial charge in [0.2, 0.25) is 5.91 Å². The third-order valence-electron chi connectivity index (χ3n) is 5.18. The summed E-state index contributed by atoms with van der Waals surface area (Å²) in [6, 6.07) is 9.18. The van der Waals surface area contributed by atoms with E-state index in [2.05, 4.69) is 5.32 Å². The lowest BCUT2D eigenvalue weighted by atomic mass is 9.91. The van der Waals surface area contributed by atoms with Crippen molar-refractivity contribution in [2.24, 2.45) is 5.92 Å². The maximum absolute atomic E-state index is 12.8. The van der Waals surface area contributed by atoms with E-state index in [0.717, 1.165) is 19.3 Å². The number of carbonyl (C=O) groups excluding carboxylic acids is 2. The lowest BCUT2D eigenvalue weighted by Crippen LogP contribution is -2.54. The molecule has 2 amide bonds. The number of carbonyl (C=O) groups is 2. The Morgan fingerprint density at radius 3 is 2.80 bits per heavy atom. The highest BCUT2D eigenvalue weighted by Gasteiger charge is 2.38. The molecule has 0 aromatic heterocycles. The summed E-state index contributed by atoms with van der Waals surface area (Å²) in [6.45, 7) is 2.19. The molecular formula is C19H26N2O4. The number of aliphatic hydroxyl groups is 1. The standard InChI is InChI=1S/C19H26N2O4/c22-11-8-19(9-12-25-14-19)20-17(23)16-7-4-10-21(13-16)18(24)15-5-2-1-3-6-15/h1-3,5-6,16,22H,4,7-14H2,(H,20,23)/t16-,19+/m0/s1. The summed E-state index contributed by atoms with van der Waals surface area (Å²) in [5, 5.41) is 12.4. The summed E-state index contributed by atoms with van der Waals surface area (Å²) < 4.78 is 5.43. The fraction of sp³-hybridized carbons (Fsp3) is 0.579. The van der Waals surface area contributed by atoms with Gasteiger partial charge in [-0.25, -0.2) is 0 Å². The SMILES string of the molecule is O=C(N[C@]1(CCO)CCOC1)[C@H]1CCCN(C(=O)c2ccccc2)C1. The van der Waals surface area contributed by atoms with Crippen molar-refractivity contribution in [1.29, 1.82) is 0 Å². The monoisotopic (exact) mass is 346 g/mol. The Morgan fingerprint density at radius 1 is 1.32 bits per heavy atom. The Morgan fingerprint density at radius 2 is 2.12 bits per heavy atom. The van der Waals surface area contributed by atoms with Gasteiger partial charge in [-0.3, -0.25) is 9.59 Å². The van der Waals surface area contributed by atoms with Gasteiger partial charge in [-0.2, -0.15) is 0 Å². The van der Waals surface area contributed by atoms with Gasteiger partial charge < -0.3 is 20.1 Å². The molecule has 0 saturated carbocycles. The van der Waals surface area contributed by atoms with Crippen LogP contribution in [0.1, 0.15) is 36.0 Å². The highest BCUT2D eigenvalue weighted by molar-refractivity contribution is 5.94. The fourth-order valence-corrected chi connectivity index (χ4v) is 3.68. The molecule has 1 aromatic carbocycles. The van der Waals surface area contributed by atoms with Crippen LogP contribution < -0.4 is 5.32 Å². The molecular weight excluding hydrogens is 320 g/mol. The van der Waals surface area contributed by atoms with E-state index >= 15 is 0 Å². The van der Waals surface area contributed by atoms with Crippen molar-refractivity contribution in [2.75, 3.05) is 32.9 Å². The number of nitrogens with one attached hydrogen (secondary N) is 1. The summed E-state index contributed by atoms with van der Waals surface area (Å²) in [5.41, 5.74) is 0.196. The van der Waals surface area contributed by atoms with E-state index in [1.807, 2.05) is 18.2 Å². The summed E-state index contributed by atoms with van der Waals surface area (Å²) in [4.78, 5) is 27.1. The number of piperidine rings is 1. The first kappa shape index (κ1) is 17.9. The summed E-state index contributed by atoms with van der Waals surface area (Å²) in [7, 11) is 0. The van der Waals surface area contributed by atoms with Crippen LogP contribution >= 0.6 is 0 Å². The third kappa shape index (κ3) is 4.19. The number of likely N-dealkylation sites (tertiary alicyclic amines) is 1. The molecule has 2 aliphatic rings. The lowest BCUT2D eigenvalue weighted by molar-refractivity contribution is -0.128. The summed E-state index contributed by atoms with van der Waals surface area (Å²) >= 11 is 0.